The predicted molar refractivity (Wildman–Crippen MR) is 117 cm³/mol. The van der Waals surface area contributed by atoms with Crippen LogP contribution in [0.4, 0.5) is 0 Å². The Bertz CT molecular complexity index is 1270. The number of hydrogen-bond acceptors (Lipinski definition) is 6. The molecule has 32 heavy (non-hydrogen) atoms. The number of carboxylic acid groups (broad SMARTS) is 1. The average molecular weight is 434 g/mol. The lowest BCUT2D eigenvalue weighted by atomic mass is 9.99. The molecule has 0 fully saturated rings. The fourth-order valence-electron chi connectivity index (χ4n) is 3.63. The van der Waals surface area contributed by atoms with E-state index in [2.05, 4.69) is 10.5 Å². The number of carboxylic acids is 1. The maximum Gasteiger partial charge on any atom is 0.326 e. The molecule has 2 aromatic carbocycles. The standard InChI is InChI=1S/C24H22N2O6/c1-13-22(14(2)32-26-13)16-6-4-15(5-7-16)10-19(24(28)29)25-23(27)21-12-17-11-18(30-3)8-9-20(17)31-21/h4-9,11-12,19H,10H2,1-3H3,(H,25,27)(H,28,29). The number of ether oxygens (including phenoxy) is 1. The van der Waals surface area contributed by atoms with Gasteiger partial charge in [0.15, 0.2) is 5.76 Å². The first-order valence-corrected chi connectivity index (χ1v) is 9.99. The normalized spacial score (nSPS) is 12.0. The molecule has 0 saturated carbocycles. The van der Waals surface area contributed by atoms with Gasteiger partial charge >= 0.3 is 5.97 Å². The molecule has 1 unspecified atom stereocenters. The molecule has 0 aliphatic heterocycles. The highest BCUT2D eigenvalue weighted by molar-refractivity contribution is 5.98. The van der Waals surface area contributed by atoms with Crippen LogP contribution in [0.2, 0.25) is 0 Å². The highest BCUT2D eigenvalue weighted by Crippen LogP contribution is 2.27. The van der Waals surface area contributed by atoms with Crippen LogP contribution in [0.5, 0.6) is 5.75 Å². The number of nitrogens with one attached hydrogen (secondary N) is 1. The van der Waals surface area contributed by atoms with Crippen LogP contribution in [0.1, 0.15) is 27.6 Å². The monoisotopic (exact) mass is 434 g/mol. The van der Waals surface area contributed by atoms with E-state index in [4.69, 9.17) is 13.7 Å². The van der Waals surface area contributed by atoms with Crippen LogP contribution in [-0.4, -0.2) is 35.3 Å². The minimum Gasteiger partial charge on any atom is -0.497 e. The number of furan rings is 1. The summed E-state index contributed by atoms with van der Waals surface area (Å²) in [6, 6.07) is 13.0. The van der Waals surface area contributed by atoms with Crippen molar-refractivity contribution in [1.82, 2.24) is 10.5 Å². The first kappa shape index (κ1) is 21.2. The van der Waals surface area contributed by atoms with Gasteiger partial charge in [0.2, 0.25) is 0 Å². The van der Waals surface area contributed by atoms with E-state index in [0.717, 1.165) is 28.1 Å². The first-order chi connectivity index (χ1) is 15.4. The number of methoxy groups -OCH3 is 1. The lowest BCUT2D eigenvalue weighted by molar-refractivity contribution is -0.139. The molecule has 0 aliphatic rings. The Kier molecular flexibility index (Phi) is 5.68. The Hall–Kier alpha value is -4.07. The summed E-state index contributed by atoms with van der Waals surface area (Å²) in [5.41, 5.74) is 3.91. The number of hydrogen-bond donors (Lipinski definition) is 2. The molecule has 164 valence electrons. The lowest BCUT2D eigenvalue weighted by Crippen LogP contribution is -2.42. The van der Waals surface area contributed by atoms with E-state index in [0.29, 0.717) is 16.7 Å². The molecule has 0 saturated heterocycles. The summed E-state index contributed by atoms with van der Waals surface area (Å²) in [6.07, 6.45) is 0.122. The zero-order valence-corrected chi connectivity index (χ0v) is 17.8. The quantitative estimate of drug-likeness (QED) is 0.449. The summed E-state index contributed by atoms with van der Waals surface area (Å²) in [5, 5.41) is 16.8. The van der Waals surface area contributed by atoms with Crippen molar-refractivity contribution in [2.45, 2.75) is 26.3 Å². The molecule has 0 aliphatic carbocycles. The van der Waals surface area contributed by atoms with Crippen molar-refractivity contribution >= 4 is 22.8 Å². The molecule has 8 heteroatoms. The van der Waals surface area contributed by atoms with E-state index in [9.17, 15) is 14.7 Å². The number of aromatic nitrogens is 1. The summed E-state index contributed by atoms with van der Waals surface area (Å²) >= 11 is 0. The third-order valence-corrected chi connectivity index (χ3v) is 5.27. The Balaban J connectivity index is 1.49. The van der Waals surface area contributed by atoms with Gasteiger partial charge in [0.25, 0.3) is 5.91 Å². The van der Waals surface area contributed by atoms with Gasteiger partial charge in [-0.25, -0.2) is 4.79 Å². The molecule has 2 N–H and O–H groups in total. The number of amides is 1. The van der Waals surface area contributed by atoms with E-state index in [1.165, 1.54) is 0 Å². The molecule has 2 heterocycles. The van der Waals surface area contributed by atoms with Gasteiger partial charge < -0.3 is 24.1 Å². The van der Waals surface area contributed by atoms with E-state index in [1.54, 1.807) is 31.4 Å². The van der Waals surface area contributed by atoms with E-state index >= 15 is 0 Å². The Morgan fingerprint density at radius 1 is 1.12 bits per heavy atom. The second-order valence-corrected chi connectivity index (χ2v) is 7.48. The van der Waals surface area contributed by atoms with Gasteiger partial charge in [-0.15, -0.1) is 0 Å². The summed E-state index contributed by atoms with van der Waals surface area (Å²) in [5.74, 6) is -0.345. The SMILES string of the molecule is COc1ccc2oc(C(=O)NC(Cc3ccc(-c4c(C)noc4C)cc3)C(=O)O)cc2c1. The minimum atomic E-state index is -1.13. The lowest BCUT2D eigenvalue weighted by Gasteiger charge is -2.14. The molecule has 0 radical (unpaired) electrons. The fraction of sp³-hybridized carbons (Fsp3) is 0.208. The van der Waals surface area contributed by atoms with Gasteiger partial charge in [-0.05, 0) is 49.2 Å². The molecule has 0 spiro atoms. The van der Waals surface area contributed by atoms with E-state index < -0.39 is 17.9 Å². The van der Waals surface area contributed by atoms with Crippen molar-refractivity contribution in [3.8, 4) is 16.9 Å². The average Bonchev–Trinajstić information content (AvgIpc) is 3.36. The number of rotatable bonds is 7. The zero-order chi connectivity index (χ0) is 22.8. The van der Waals surface area contributed by atoms with Crippen LogP contribution in [-0.2, 0) is 11.2 Å². The third-order valence-electron chi connectivity index (χ3n) is 5.27. The first-order valence-electron chi connectivity index (χ1n) is 9.99. The van der Waals surface area contributed by atoms with Gasteiger partial charge in [0, 0.05) is 17.4 Å². The fourth-order valence-corrected chi connectivity index (χ4v) is 3.63. The van der Waals surface area contributed by atoms with Gasteiger partial charge in [0.05, 0.1) is 12.8 Å². The van der Waals surface area contributed by atoms with Gasteiger partial charge in [-0.1, -0.05) is 29.4 Å². The van der Waals surface area contributed by atoms with Crippen molar-refractivity contribution in [1.29, 1.82) is 0 Å². The minimum absolute atomic E-state index is 0.0354. The number of fused-ring (bicyclic) bond motifs is 1. The van der Waals surface area contributed by atoms with E-state index in [-0.39, 0.29) is 12.2 Å². The van der Waals surface area contributed by atoms with Gasteiger partial charge in [-0.2, -0.15) is 0 Å². The number of carbonyl (C=O) groups excluding carboxylic acids is 1. The van der Waals surface area contributed by atoms with Crippen molar-refractivity contribution in [3.63, 3.8) is 0 Å². The summed E-state index contributed by atoms with van der Waals surface area (Å²) in [6.45, 7) is 3.71. The van der Waals surface area contributed by atoms with Crippen LogP contribution in [0.15, 0.2) is 57.5 Å². The summed E-state index contributed by atoms with van der Waals surface area (Å²) in [7, 11) is 1.55. The molecular formula is C24H22N2O6. The second kappa shape index (κ2) is 8.58. The molecule has 0 bridgehead atoms. The van der Waals surface area contributed by atoms with Crippen LogP contribution in [0, 0.1) is 13.8 Å². The van der Waals surface area contributed by atoms with E-state index in [1.807, 2.05) is 38.1 Å². The Morgan fingerprint density at radius 3 is 2.50 bits per heavy atom. The molecule has 4 aromatic rings. The Labute approximate surface area is 183 Å². The molecule has 2 aromatic heterocycles. The van der Waals surface area contributed by atoms with Crippen LogP contribution in [0.3, 0.4) is 0 Å². The zero-order valence-electron chi connectivity index (χ0n) is 17.8. The molecule has 1 amide bonds. The predicted octanol–water partition coefficient (Wildman–Crippen LogP) is 4.14. The smallest absolute Gasteiger partial charge is 0.326 e. The van der Waals surface area contributed by atoms with Crippen LogP contribution < -0.4 is 10.1 Å². The van der Waals surface area contributed by atoms with Crippen LogP contribution >= 0.6 is 0 Å². The number of benzene rings is 2. The number of aryl methyl sites for hydroxylation is 2. The largest absolute Gasteiger partial charge is 0.497 e. The van der Waals surface area contributed by atoms with Crippen molar-refractivity contribution < 1.29 is 28.4 Å². The van der Waals surface area contributed by atoms with Gasteiger partial charge in [0.1, 0.15) is 23.1 Å². The highest BCUT2D eigenvalue weighted by atomic mass is 16.5. The van der Waals surface area contributed by atoms with Crippen molar-refractivity contribution in [2.24, 2.45) is 0 Å². The maximum absolute atomic E-state index is 12.6. The topological polar surface area (TPSA) is 115 Å². The van der Waals surface area contributed by atoms with Crippen LogP contribution in [0.25, 0.3) is 22.1 Å². The molecule has 1 atom stereocenters. The molecule has 4 rings (SSSR count). The number of nitrogens with zero attached hydrogens (tertiary/aromatic N) is 1. The van der Waals surface area contributed by atoms with Gasteiger partial charge in [-0.3, -0.25) is 4.79 Å². The third kappa shape index (κ3) is 4.20. The number of carbonyl (C=O) groups is 2. The maximum atomic E-state index is 12.6. The molecular weight excluding hydrogens is 412 g/mol. The van der Waals surface area contributed by atoms with Crippen molar-refractivity contribution in [2.75, 3.05) is 7.11 Å². The summed E-state index contributed by atoms with van der Waals surface area (Å²) in [4.78, 5) is 24.4. The highest BCUT2D eigenvalue weighted by Gasteiger charge is 2.23. The second-order valence-electron chi connectivity index (χ2n) is 7.48. The number of aliphatic carboxylic acids is 1. The Morgan fingerprint density at radius 2 is 1.88 bits per heavy atom. The van der Waals surface area contributed by atoms with Crippen molar-refractivity contribution in [3.05, 3.63) is 71.3 Å². The summed E-state index contributed by atoms with van der Waals surface area (Å²) < 4.78 is 15.9. The molecule has 8 nitrogen and oxygen atoms in total.